The van der Waals surface area contributed by atoms with Crippen LogP contribution in [0.15, 0.2) is 22.6 Å². The molecule has 0 amide bonds. The smallest absolute Gasteiger partial charge is 0.254 e. The first kappa shape index (κ1) is 9.08. The van der Waals surface area contributed by atoms with Crippen LogP contribution >= 0.6 is 11.5 Å². The van der Waals surface area contributed by atoms with E-state index in [1.807, 2.05) is 18.4 Å². The number of nitrogens with one attached hydrogen (secondary N) is 1. The zero-order chi connectivity index (χ0) is 9.97. The first-order chi connectivity index (χ1) is 6.83. The minimum absolute atomic E-state index is 0.0782. The third-order valence-electron chi connectivity index (χ3n) is 1.98. The summed E-state index contributed by atoms with van der Waals surface area (Å²) in [4.78, 5) is 18.1. The second-order valence-corrected chi connectivity index (χ2v) is 3.46. The Labute approximate surface area is 84.8 Å². The van der Waals surface area contributed by atoms with Gasteiger partial charge >= 0.3 is 0 Å². The van der Waals surface area contributed by atoms with E-state index in [0.717, 1.165) is 5.69 Å². The molecule has 2 aromatic rings. The van der Waals surface area contributed by atoms with Gasteiger partial charge in [-0.25, -0.2) is 4.98 Å². The van der Waals surface area contributed by atoms with Crippen molar-refractivity contribution >= 4 is 11.5 Å². The summed E-state index contributed by atoms with van der Waals surface area (Å²) in [7, 11) is 0. The van der Waals surface area contributed by atoms with Gasteiger partial charge < -0.3 is 4.98 Å². The normalized spacial score (nSPS) is 10.4. The molecular formula is C9H9N3OS. The van der Waals surface area contributed by atoms with Crippen LogP contribution in [0.3, 0.4) is 0 Å². The van der Waals surface area contributed by atoms with Crippen LogP contribution in [0.2, 0.25) is 0 Å². The Morgan fingerprint density at radius 3 is 3.07 bits per heavy atom. The van der Waals surface area contributed by atoms with E-state index in [0.29, 0.717) is 17.7 Å². The average Bonchev–Trinajstić information content (AvgIpc) is 2.70. The van der Waals surface area contributed by atoms with Crippen LogP contribution in [-0.4, -0.2) is 14.3 Å². The minimum atomic E-state index is -0.0782. The fraction of sp³-hybridized carbons (Fsp3) is 0.222. The van der Waals surface area contributed by atoms with E-state index in [1.54, 1.807) is 0 Å². The topological polar surface area (TPSA) is 58.6 Å². The lowest BCUT2D eigenvalue weighted by molar-refractivity contribution is 1.01. The Kier molecular flexibility index (Phi) is 2.41. The number of aromatic amines is 1. The van der Waals surface area contributed by atoms with Gasteiger partial charge in [0.05, 0.1) is 6.33 Å². The molecule has 0 radical (unpaired) electrons. The molecule has 0 fully saturated rings. The van der Waals surface area contributed by atoms with Crippen molar-refractivity contribution in [1.82, 2.24) is 14.3 Å². The van der Waals surface area contributed by atoms with E-state index in [9.17, 15) is 4.79 Å². The van der Waals surface area contributed by atoms with Gasteiger partial charge in [-0.3, -0.25) is 4.79 Å². The first-order valence-electron chi connectivity index (χ1n) is 4.30. The van der Waals surface area contributed by atoms with Gasteiger partial charge in [0, 0.05) is 10.9 Å². The molecule has 0 bridgehead atoms. The molecular weight excluding hydrogens is 198 g/mol. The van der Waals surface area contributed by atoms with E-state index in [4.69, 9.17) is 0 Å². The monoisotopic (exact) mass is 207 g/mol. The van der Waals surface area contributed by atoms with Crippen LogP contribution in [0.1, 0.15) is 12.5 Å². The standard InChI is InChI=1S/C9H9N3OS/c1-2-6-8(7-3-4-14-12-7)10-5-11-9(6)13/h3-5H,2H2,1H3,(H,10,11,13). The van der Waals surface area contributed by atoms with Crippen LogP contribution in [-0.2, 0) is 6.42 Å². The van der Waals surface area contributed by atoms with E-state index in [1.165, 1.54) is 17.9 Å². The molecule has 0 saturated carbocycles. The molecule has 0 spiro atoms. The van der Waals surface area contributed by atoms with Crippen molar-refractivity contribution in [3.8, 4) is 11.4 Å². The Balaban J connectivity index is 2.64. The van der Waals surface area contributed by atoms with Crippen molar-refractivity contribution in [2.45, 2.75) is 13.3 Å². The van der Waals surface area contributed by atoms with Crippen LogP contribution in [0.4, 0.5) is 0 Å². The Bertz CT molecular complexity index is 475. The molecule has 2 aromatic heterocycles. The van der Waals surface area contributed by atoms with Crippen LogP contribution in [0, 0.1) is 0 Å². The molecule has 14 heavy (non-hydrogen) atoms. The van der Waals surface area contributed by atoms with Crippen molar-refractivity contribution in [2.75, 3.05) is 0 Å². The SMILES string of the molecule is CCc1c(-c2ccsn2)nc[nH]c1=O. The molecule has 0 aliphatic carbocycles. The molecule has 2 heterocycles. The number of hydrogen-bond donors (Lipinski definition) is 1. The van der Waals surface area contributed by atoms with Crippen molar-refractivity contribution in [3.63, 3.8) is 0 Å². The highest BCUT2D eigenvalue weighted by Crippen LogP contribution is 2.17. The van der Waals surface area contributed by atoms with E-state index >= 15 is 0 Å². The van der Waals surface area contributed by atoms with Crippen LogP contribution in [0.25, 0.3) is 11.4 Å². The summed E-state index contributed by atoms with van der Waals surface area (Å²) in [5, 5.41) is 1.87. The highest BCUT2D eigenvalue weighted by molar-refractivity contribution is 7.03. The Morgan fingerprint density at radius 1 is 1.57 bits per heavy atom. The second-order valence-electron chi connectivity index (χ2n) is 2.80. The Hall–Kier alpha value is -1.49. The first-order valence-corrected chi connectivity index (χ1v) is 5.14. The summed E-state index contributed by atoms with van der Waals surface area (Å²) < 4.78 is 4.16. The summed E-state index contributed by atoms with van der Waals surface area (Å²) >= 11 is 1.36. The lowest BCUT2D eigenvalue weighted by Crippen LogP contribution is -2.14. The number of rotatable bonds is 2. The number of aromatic nitrogens is 3. The third-order valence-corrected chi connectivity index (χ3v) is 2.54. The van der Waals surface area contributed by atoms with Crippen molar-refractivity contribution in [1.29, 1.82) is 0 Å². The molecule has 72 valence electrons. The molecule has 1 N–H and O–H groups in total. The van der Waals surface area contributed by atoms with Crippen LogP contribution in [0.5, 0.6) is 0 Å². The number of hydrogen-bond acceptors (Lipinski definition) is 4. The zero-order valence-corrected chi connectivity index (χ0v) is 8.47. The van der Waals surface area contributed by atoms with Crippen molar-refractivity contribution in [3.05, 3.63) is 33.7 Å². The van der Waals surface area contributed by atoms with Gasteiger partial charge in [0.1, 0.15) is 11.4 Å². The summed E-state index contributed by atoms with van der Waals surface area (Å²) in [6.45, 7) is 1.93. The van der Waals surface area contributed by atoms with E-state index < -0.39 is 0 Å². The van der Waals surface area contributed by atoms with Gasteiger partial charge in [0.25, 0.3) is 5.56 Å². The van der Waals surface area contributed by atoms with Crippen molar-refractivity contribution in [2.24, 2.45) is 0 Å². The predicted molar refractivity (Wildman–Crippen MR) is 55.3 cm³/mol. The summed E-state index contributed by atoms with van der Waals surface area (Å²) in [5.74, 6) is 0. The van der Waals surface area contributed by atoms with Gasteiger partial charge in [-0.15, -0.1) is 0 Å². The fourth-order valence-electron chi connectivity index (χ4n) is 1.31. The largest absolute Gasteiger partial charge is 0.313 e. The van der Waals surface area contributed by atoms with Crippen LogP contribution < -0.4 is 5.56 Å². The van der Waals surface area contributed by atoms with Gasteiger partial charge in [-0.1, -0.05) is 6.92 Å². The van der Waals surface area contributed by atoms with Crippen molar-refractivity contribution < 1.29 is 0 Å². The molecule has 0 saturated heterocycles. The van der Waals surface area contributed by atoms with E-state index in [-0.39, 0.29) is 5.56 Å². The van der Waals surface area contributed by atoms with Gasteiger partial charge in [-0.2, -0.15) is 4.37 Å². The number of H-pyrrole nitrogens is 1. The lowest BCUT2D eigenvalue weighted by atomic mass is 10.1. The quantitative estimate of drug-likeness (QED) is 0.811. The summed E-state index contributed by atoms with van der Waals surface area (Å²) in [6, 6.07) is 1.87. The molecule has 4 nitrogen and oxygen atoms in total. The predicted octanol–water partition coefficient (Wildman–Crippen LogP) is 1.46. The molecule has 0 unspecified atom stereocenters. The summed E-state index contributed by atoms with van der Waals surface area (Å²) in [5.41, 5.74) is 2.08. The fourth-order valence-corrected chi connectivity index (χ4v) is 1.82. The van der Waals surface area contributed by atoms with Gasteiger partial charge in [-0.05, 0) is 24.0 Å². The van der Waals surface area contributed by atoms with Gasteiger partial charge in [0.15, 0.2) is 0 Å². The highest BCUT2D eigenvalue weighted by Gasteiger charge is 2.09. The second kappa shape index (κ2) is 3.71. The maximum absolute atomic E-state index is 11.4. The summed E-state index contributed by atoms with van der Waals surface area (Å²) in [6.07, 6.45) is 2.08. The lowest BCUT2D eigenvalue weighted by Gasteiger charge is -2.00. The maximum atomic E-state index is 11.4. The number of nitrogens with zero attached hydrogens (tertiary/aromatic N) is 2. The molecule has 0 aliphatic heterocycles. The third kappa shape index (κ3) is 1.46. The van der Waals surface area contributed by atoms with E-state index in [2.05, 4.69) is 14.3 Å². The molecule has 5 heteroatoms. The Morgan fingerprint density at radius 2 is 2.43 bits per heavy atom. The van der Waals surface area contributed by atoms with Gasteiger partial charge in [0.2, 0.25) is 0 Å². The molecule has 0 aromatic carbocycles. The zero-order valence-electron chi connectivity index (χ0n) is 7.65. The molecule has 0 aliphatic rings. The molecule has 2 rings (SSSR count). The average molecular weight is 207 g/mol. The maximum Gasteiger partial charge on any atom is 0.254 e. The highest BCUT2D eigenvalue weighted by atomic mass is 32.1. The minimum Gasteiger partial charge on any atom is -0.313 e. The molecule has 0 atom stereocenters.